The van der Waals surface area contributed by atoms with E-state index in [1.54, 1.807) is 6.92 Å². The van der Waals surface area contributed by atoms with Crippen molar-refractivity contribution in [1.82, 2.24) is 4.31 Å². The molecule has 1 aliphatic rings. The number of nitrogens with zero attached hydrogens (tertiary/aromatic N) is 2. The van der Waals surface area contributed by atoms with E-state index in [-0.39, 0.29) is 16.9 Å². The molecular weight excluding hydrogens is 401 g/mol. The second-order valence-electron chi connectivity index (χ2n) is 6.82. The van der Waals surface area contributed by atoms with Crippen LogP contribution >= 0.6 is 0 Å². The Morgan fingerprint density at radius 1 is 1.14 bits per heavy atom. The smallest absolute Gasteiger partial charge is 0.274 e. The van der Waals surface area contributed by atoms with Crippen molar-refractivity contribution in [2.24, 2.45) is 0 Å². The fraction of sp³-hybridized carbons (Fsp3) is 0.316. The van der Waals surface area contributed by atoms with Crippen molar-refractivity contribution in [2.75, 3.05) is 18.4 Å². The maximum absolute atomic E-state index is 14.3. The Balaban J connectivity index is 1.88. The molecule has 29 heavy (non-hydrogen) atoms. The molecule has 0 radical (unpaired) electrons. The van der Waals surface area contributed by atoms with E-state index >= 15 is 0 Å². The maximum atomic E-state index is 14.3. The van der Waals surface area contributed by atoms with Gasteiger partial charge >= 0.3 is 0 Å². The highest BCUT2D eigenvalue weighted by Gasteiger charge is 2.29. The van der Waals surface area contributed by atoms with E-state index in [0.29, 0.717) is 31.5 Å². The minimum absolute atomic E-state index is 0.0646. The Morgan fingerprint density at radius 2 is 1.83 bits per heavy atom. The monoisotopic (exact) mass is 421 g/mol. The number of hydrogen-bond donors (Lipinski definition) is 1. The van der Waals surface area contributed by atoms with Crippen LogP contribution in [0.5, 0.6) is 0 Å². The summed E-state index contributed by atoms with van der Waals surface area (Å²) in [6.07, 6.45) is 2.32. The van der Waals surface area contributed by atoms with Crippen molar-refractivity contribution < 1.29 is 22.5 Å². The first kappa shape index (κ1) is 20.9. The van der Waals surface area contributed by atoms with Gasteiger partial charge in [0, 0.05) is 36.0 Å². The van der Waals surface area contributed by atoms with E-state index < -0.39 is 31.6 Å². The standard InChI is InChI=1S/C19H20FN3O5S/c1-13-5-7-15(12-17(13)23(25)26)21-19(24)14-6-8-16(20)18(11-14)29(27,28)22-9-3-2-4-10-22/h5-8,11-12H,2-4,9-10H2,1H3,(H,21,24). The molecule has 1 N–H and O–H groups in total. The first-order chi connectivity index (χ1) is 13.7. The van der Waals surface area contributed by atoms with E-state index in [1.165, 1.54) is 28.6 Å². The SMILES string of the molecule is Cc1ccc(NC(=O)c2ccc(F)c(S(=O)(=O)N3CCCCC3)c2)cc1[N+](=O)[O-]. The first-order valence-electron chi connectivity index (χ1n) is 9.06. The van der Waals surface area contributed by atoms with Crippen molar-refractivity contribution >= 4 is 27.3 Å². The minimum Gasteiger partial charge on any atom is -0.322 e. The number of hydrogen-bond acceptors (Lipinski definition) is 5. The molecule has 2 aromatic rings. The molecule has 1 fully saturated rings. The summed E-state index contributed by atoms with van der Waals surface area (Å²) in [4.78, 5) is 22.5. The van der Waals surface area contributed by atoms with E-state index in [1.807, 2.05) is 0 Å². The Labute approximate surface area is 167 Å². The number of nitrogens with one attached hydrogen (secondary N) is 1. The number of benzene rings is 2. The van der Waals surface area contributed by atoms with Gasteiger partial charge < -0.3 is 5.32 Å². The fourth-order valence-electron chi connectivity index (χ4n) is 3.17. The van der Waals surface area contributed by atoms with Crippen molar-refractivity contribution in [2.45, 2.75) is 31.1 Å². The molecule has 1 aliphatic heterocycles. The lowest BCUT2D eigenvalue weighted by Crippen LogP contribution is -2.36. The molecule has 0 bridgehead atoms. The predicted octanol–water partition coefficient (Wildman–Crippen LogP) is 3.47. The lowest BCUT2D eigenvalue weighted by molar-refractivity contribution is -0.385. The van der Waals surface area contributed by atoms with E-state index in [2.05, 4.69) is 5.32 Å². The number of piperidine rings is 1. The van der Waals surface area contributed by atoms with E-state index in [4.69, 9.17) is 0 Å². The molecule has 0 atom stereocenters. The molecule has 1 saturated heterocycles. The zero-order valence-electron chi connectivity index (χ0n) is 15.7. The zero-order valence-corrected chi connectivity index (χ0v) is 16.5. The molecule has 2 aromatic carbocycles. The van der Waals surface area contributed by atoms with Crippen LogP contribution in [0.25, 0.3) is 0 Å². The number of sulfonamides is 1. The molecule has 154 valence electrons. The van der Waals surface area contributed by atoms with Crippen LogP contribution in [0.3, 0.4) is 0 Å². The number of nitro benzene ring substituents is 1. The lowest BCUT2D eigenvalue weighted by atomic mass is 10.1. The quantitative estimate of drug-likeness (QED) is 0.587. The van der Waals surface area contributed by atoms with Crippen molar-refractivity contribution in [3.05, 3.63) is 63.5 Å². The van der Waals surface area contributed by atoms with Crippen LogP contribution in [0.4, 0.5) is 15.8 Å². The van der Waals surface area contributed by atoms with Crippen LogP contribution in [0.1, 0.15) is 35.2 Å². The summed E-state index contributed by atoms with van der Waals surface area (Å²) in [6.45, 7) is 2.19. The molecule has 10 heteroatoms. The molecule has 1 amide bonds. The van der Waals surface area contributed by atoms with Gasteiger partial charge in [-0.05, 0) is 44.0 Å². The van der Waals surface area contributed by atoms with Gasteiger partial charge in [0.05, 0.1) is 4.92 Å². The lowest BCUT2D eigenvalue weighted by Gasteiger charge is -2.26. The third kappa shape index (κ3) is 4.43. The number of nitro groups is 1. The van der Waals surface area contributed by atoms with Crippen molar-refractivity contribution in [1.29, 1.82) is 0 Å². The third-order valence-electron chi connectivity index (χ3n) is 4.79. The molecule has 0 aliphatic carbocycles. The fourth-order valence-corrected chi connectivity index (χ4v) is 4.78. The number of carbonyl (C=O) groups excluding carboxylic acids is 1. The average molecular weight is 421 g/mol. The maximum Gasteiger partial charge on any atom is 0.274 e. The summed E-state index contributed by atoms with van der Waals surface area (Å²) in [7, 11) is -4.06. The summed E-state index contributed by atoms with van der Waals surface area (Å²) in [5, 5.41) is 13.5. The molecule has 0 saturated carbocycles. The second kappa shape index (κ2) is 8.26. The number of aryl methyl sites for hydroxylation is 1. The van der Waals surface area contributed by atoms with Crippen LogP contribution < -0.4 is 5.32 Å². The number of anilines is 1. The molecule has 8 nitrogen and oxygen atoms in total. The summed E-state index contributed by atoms with van der Waals surface area (Å²) < 4.78 is 41.1. The van der Waals surface area contributed by atoms with Crippen LogP contribution in [0.2, 0.25) is 0 Å². The van der Waals surface area contributed by atoms with Crippen LogP contribution in [-0.4, -0.2) is 36.6 Å². The van der Waals surface area contributed by atoms with Gasteiger partial charge in [-0.2, -0.15) is 4.31 Å². The normalized spacial score (nSPS) is 15.1. The molecule has 0 unspecified atom stereocenters. The Bertz CT molecular complexity index is 1070. The van der Waals surface area contributed by atoms with Gasteiger partial charge in [-0.25, -0.2) is 12.8 Å². The number of rotatable bonds is 5. The van der Waals surface area contributed by atoms with E-state index in [0.717, 1.165) is 18.6 Å². The van der Waals surface area contributed by atoms with Crippen molar-refractivity contribution in [3.63, 3.8) is 0 Å². The Morgan fingerprint density at radius 3 is 2.48 bits per heavy atom. The highest BCUT2D eigenvalue weighted by molar-refractivity contribution is 7.89. The molecule has 0 aromatic heterocycles. The average Bonchev–Trinajstić information content (AvgIpc) is 2.70. The molecule has 3 rings (SSSR count). The van der Waals surface area contributed by atoms with Gasteiger partial charge in [0.25, 0.3) is 11.6 Å². The summed E-state index contributed by atoms with van der Waals surface area (Å²) in [5.41, 5.74) is 0.391. The van der Waals surface area contributed by atoms with Crippen molar-refractivity contribution in [3.8, 4) is 0 Å². The third-order valence-corrected chi connectivity index (χ3v) is 6.70. The number of amides is 1. The van der Waals surface area contributed by atoms with Crippen LogP contribution in [0.15, 0.2) is 41.3 Å². The number of carbonyl (C=O) groups is 1. The minimum atomic E-state index is -4.06. The van der Waals surface area contributed by atoms with Gasteiger partial charge in [-0.15, -0.1) is 0 Å². The zero-order chi connectivity index (χ0) is 21.2. The summed E-state index contributed by atoms with van der Waals surface area (Å²) >= 11 is 0. The van der Waals surface area contributed by atoms with E-state index in [9.17, 15) is 27.7 Å². The summed E-state index contributed by atoms with van der Waals surface area (Å²) in [5.74, 6) is -1.63. The van der Waals surface area contributed by atoms with Gasteiger partial charge in [0.2, 0.25) is 10.0 Å². The topological polar surface area (TPSA) is 110 Å². The number of halogens is 1. The van der Waals surface area contributed by atoms with Crippen LogP contribution in [0, 0.1) is 22.9 Å². The highest BCUT2D eigenvalue weighted by atomic mass is 32.2. The molecular formula is C19H20FN3O5S. The first-order valence-corrected chi connectivity index (χ1v) is 10.5. The summed E-state index contributed by atoms with van der Waals surface area (Å²) in [6, 6.07) is 7.30. The van der Waals surface area contributed by atoms with Gasteiger partial charge in [-0.3, -0.25) is 14.9 Å². The molecule has 0 spiro atoms. The predicted molar refractivity (Wildman–Crippen MR) is 105 cm³/mol. The Hall–Kier alpha value is -2.85. The van der Waals surface area contributed by atoms with Crippen LogP contribution in [-0.2, 0) is 10.0 Å². The Kier molecular flexibility index (Phi) is 5.94. The molecule has 1 heterocycles. The highest BCUT2D eigenvalue weighted by Crippen LogP contribution is 2.26. The largest absolute Gasteiger partial charge is 0.322 e. The van der Waals surface area contributed by atoms with Gasteiger partial charge in [0.15, 0.2) is 0 Å². The van der Waals surface area contributed by atoms with Gasteiger partial charge in [-0.1, -0.05) is 12.5 Å². The second-order valence-corrected chi connectivity index (χ2v) is 8.73. The van der Waals surface area contributed by atoms with Gasteiger partial charge in [0.1, 0.15) is 10.7 Å².